The minimum absolute atomic E-state index is 0.00434. The van der Waals surface area contributed by atoms with Gasteiger partial charge in [-0.1, -0.05) is 42.9 Å². The normalized spacial score (nSPS) is 18.6. The molecular weight excluding hydrogens is 464 g/mol. The summed E-state index contributed by atoms with van der Waals surface area (Å²) in [5.74, 6) is -1.01. The lowest BCUT2D eigenvalue weighted by molar-refractivity contribution is 0.0699. The lowest BCUT2D eigenvalue weighted by Gasteiger charge is -2.39. The first-order valence-electron chi connectivity index (χ1n) is 11.1. The van der Waals surface area contributed by atoms with Gasteiger partial charge in [-0.05, 0) is 37.9 Å². The highest BCUT2D eigenvalue weighted by molar-refractivity contribution is 7.22. The quantitative estimate of drug-likeness (QED) is 0.382. The summed E-state index contributed by atoms with van der Waals surface area (Å²) in [4.78, 5) is 38.4. The number of aromatic carboxylic acids is 1. The maximum atomic E-state index is 12.8. The van der Waals surface area contributed by atoms with Gasteiger partial charge in [-0.15, -0.1) is 0 Å². The Morgan fingerprint density at radius 2 is 2.12 bits per heavy atom. The van der Waals surface area contributed by atoms with E-state index in [1.54, 1.807) is 12.1 Å². The molecule has 1 aliphatic heterocycles. The molecule has 2 atom stereocenters. The molecule has 2 aromatic heterocycles. The molecule has 176 valence electrons. The van der Waals surface area contributed by atoms with Crippen LogP contribution in [-0.4, -0.2) is 63.7 Å². The van der Waals surface area contributed by atoms with Crippen molar-refractivity contribution >= 4 is 50.2 Å². The van der Waals surface area contributed by atoms with Crippen LogP contribution in [0, 0.1) is 0 Å². The first-order chi connectivity index (χ1) is 15.9. The number of fused-ring (bicyclic) bond motifs is 1. The molecular formula is C22H27ClN6O3S. The highest BCUT2D eigenvalue weighted by atomic mass is 35.5. The van der Waals surface area contributed by atoms with Crippen molar-refractivity contribution in [2.24, 2.45) is 0 Å². The van der Waals surface area contributed by atoms with Crippen molar-refractivity contribution in [2.75, 3.05) is 24.5 Å². The highest BCUT2D eigenvalue weighted by Gasteiger charge is 2.32. The number of carbonyl (C=O) groups excluding carboxylic acids is 1. The summed E-state index contributed by atoms with van der Waals surface area (Å²) >= 11 is 7.49. The lowest BCUT2D eigenvalue weighted by atomic mass is 9.99. The number of aromatic amines is 1. The van der Waals surface area contributed by atoms with Crippen molar-refractivity contribution in [2.45, 2.75) is 45.2 Å². The van der Waals surface area contributed by atoms with Crippen LogP contribution in [0.5, 0.6) is 0 Å². The molecule has 11 heteroatoms. The molecule has 1 amide bonds. The molecule has 1 fully saturated rings. The van der Waals surface area contributed by atoms with Gasteiger partial charge < -0.3 is 25.6 Å². The van der Waals surface area contributed by atoms with Crippen molar-refractivity contribution < 1.29 is 14.7 Å². The molecule has 0 bridgehead atoms. The van der Waals surface area contributed by atoms with Gasteiger partial charge in [0.15, 0.2) is 16.1 Å². The number of piperidine rings is 1. The molecule has 1 saturated heterocycles. The number of rotatable bonds is 8. The van der Waals surface area contributed by atoms with Gasteiger partial charge in [0.2, 0.25) is 0 Å². The smallest absolute Gasteiger partial charge is 0.337 e. The van der Waals surface area contributed by atoms with Gasteiger partial charge >= 0.3 is 5.97 Å². The zero-order chi connectivity index (χ0) is 23.5. The Hall–Kier alpha value is -2.69. The highest BCUT2D eigenvalue weighted by Crippen LogP contribution is 2.33. The molecule has 0 spiro atoms. The second kappa shape index (κ2) is 10.1. The number of H-pyrrole nitrogens is 1. The average molecular weight is 491 g/mol. The SMILES string of the molecule is CCCN[C@H]1CN(c2nc3cccc(C(=O)O)c3s2)CC[C@H]1NC(=O)c1nc(Cl)c(CC)[nH]1. The Kier molecular flexibility index (Phi) is 7.16. The zero-order valence-corrected chi connectivity index (χ0v) is 20.1. The summed E-state index contributed by atoms with van der Waals surface area (Å²) in [7, 11) is 0. The van der Waals surface area contributed by atoms with Crippen molar-refractivity contribution in [3.63, 3.8) is 0 Å². The van der Waals surface area contributed by atoms with E-state index in [1.807, 2.05) is 13.0 Å². The number of carboxylic acid groups (broad SMARTS) is 1. The van der Waals surface area contributed by atoms with E-state index < -0.39 is 5.97 Å². The summed E-state index contributed by atoms with van der Waals surface area (Å²) < 4.78 is 0.676. The van der Waals surface area contributed by atoms with Gasteiger partial charge in [-0.25, -0.2) is 14.8 Å². The van der Waals surface area contributed by atoms with E-state index in [1.165, 1.54) is 11.3 Å². The van der Waals surface area contributed by atoms with Crippen LogP contribution in [-0.2, 0) is 6.42 Å². The number of aromatic nitrogens is 3. The van der Waals surface area contributed by atoms with Gasteiger partial charge in [-0.2, -0.15) is 0 Å². The van der Waals surface area contributed by atoms with Crippen LogP contribution in [0.1, 0.15) is 53.4 Å². The van der Waals surface area contributed by atoms with Gasteiger partial charge in [0.05, 0.1) is 21.5 Å². The second-order valence-corrected chi connectivity index (χ2v) is 9.37. The Bertz CT molecular complexity index is 1160. The molecule has 33 heavy (non-hydrogen) atoms. The Balaban J connectivity index is 1.51. The maximum absolute atomic E-state index is 12.8. The van der Waals surface area contributed by atoms with Crippen LogP contribution in [0.2, 0.25) is 5.15 Å². The number of carbonyl (C=O) groups is 2. The predicted molar refractivity (Wildman–Crippen MR) is 130 cm³/mol. The fraction of sp³-hybridized carbons (Fsp3) is 0.455. The fourth-order valence-corrected chi connectivity index (χ4v) is 5.41. The molecule has 4 N–H and O–H groups in total. The monoisotopic (exact) mass is 490 g/mol. The molecule has 1 aliphatic rings. The first kappa shape index (κ1) is 23.5. The van der Waals surface area contributed by atoms with Crippen LogP contribution >= 0.6 is 22.9 Å². The van der Waals surface area contributed by atoms with E-state index in [0.29, 0.717) is 41.3 Å². The number of nitrogens with one attached hydrogen (secondary N) is 3. The average Bonchev–Trinajstić information content (AvgIpc) is 3.41. The molecule has 0 saturated carbocycles. The molecule has 9 nitrogen and oxygen atoms in total. The van der Waals surface area contributed by atoms with Crippen LogP contribution in [0.3, 0.4) is 0 Å². The number of imidazole rings is 1. The molecule has 0 aliphatic carbocycles. The number of hydrogen-bond donors (Lipinski definition) is 4. The van der Waals surface area contributed by atoms with E-state index >= 15 is 0 Å². The number of nitrogens with zero attached hydrogens (tertiary/aromatic N) is 3. The second-order valence-electron chi connectivity index (χ2n) is 8.04. The Morgan fingerprint density at radius 3 is 2.82 bits per heavy atom. The summed E-state index contributed by atoms with van der Waals surface area (Å²) in [6, 6.07) is 5.07. The fourth-order valence-electron chi connectivity index (χ4n) is 4.04. The Labute approximate surface area is 200 Å². The molecule has 1 aromatic carbocycles. The van der Waals surface area contributed by atoms with Crippen molar-refractivity contribution in [3.8, 4) is 0 Å². The minimum atomic E-state index is -0.955. The number of benzene rings is 1. The van der Waals surface area contributed by atoms with E-state index in [4.69, 9.17) is 11.6 Å². The lowest BCUT2D eigenvalue weighted by Crippen LogP contribution is -2.59. The minimum Gasteiger partial charge on any atom is -0.478 e. The summed E-state index contributed by atoms with van der Waals surface area (Å²) in [5.41, 5.74) is 1.70. The third kappa shape index (κ3) is 4.97. The van der Waals surface area contributed by atoms with Crippen molar-refractivity contribution in [1.82, 2.24) is 25.6 Å². The molecule has 4 rings (SSSR count). The topological polar surface area (TPSA) is 123 Å². The largest absolute Gasteiger partial charge is 0.478 e. The standard InChI is InChI=1S/C22H27ClN6O3S/c1-3-9-24-16-11-29(22-27-15-7-5-6-12(21(31)32)17(15)33-22)10-8-14(16)26-20(30)19-25-13(4-2)18(23)28-19/h5-7,14,16,24H,3-4,8-11H2,1-2H3,(H,25,28)(H,26,30)(H,31,32)/t14-,16+/m1/s1. The van der Waals surface area contributed by atoms with Crippen LogP contribution in [0.25, 0.3) is 10.2 Å². The summed E-state index contributed by atoms with van der Waals surface area (Å²) in [6.45, 7) is 6.20. The molecule has 0 unspecified atom stereocenters. The van der Waals surface area contributed by atoms with E-state index in [0.717, 1.165) is 23.8 Å². The molecule has 0 radical (unpaired) electrons. The van der Waals surface area contributed by atoms with Crippen LogP contribution in [0.15, 0.2) is 18.2 Å². The summed E-state index contributed by atoms with van der Waals surface area (Å²) in [6.07, 6.45) is 2.35. The number of anilines is 1. The van der Waals surface area contributed by atoms with E-state index in [-0.39, 0.29) is 29.4 Å². The third-order valence-corrected chi connectivity index (χ3v) is 7.27. The zero-order valence-electron chi connectivity index (χ0n) is 18.5. The van der Waals surface area contributed by atoms with Gasteiger partial charge in [0, 0.05) is 25.2 Å². The van der Waals surface area contributed by atoms with Crippen molar-refractivity contribution in [3.05, 3.63) is 40.4 Å². The number of thiazole rings is 1. The van der Waals surface area contributed by atoms with Gasteiger partial charge in [-0.3, -0.25) is 4.79 Å². The van der Waals surface area contributed by atoms with Crippen LogP contribution in [0.4, 0.5) is 5.13 Å². The summed E-state index contributed by atoms with van der Waals surface area (Å²) in [5, 5.41) is 17.3. The molecule has 3 heterocycles. The number of carboxylic acids is 1. The van der Waals surface area contributed by atoms with Crippen molar-refractivity contribution in [1.29, 1.82) is 0 Å². The predicted octanol–water partition coefficient (Wildman–Crippen LogP) is 3.31. The Morgan fingerprint density at radius 1 is 1.30 bits per heavy atom. The van der Waals surface area contributed by atoms with E-state index in [2.05, 4.69) is 37.4 Å². The number of hydrogen-bond acceptors (Lipinski definition) is 7. The van der Waals surface area contributed by atoms with Gasteiger partial charge in [0.1, 0.15) is 0 Å². The van der Waals surface area contributed by atoms with Crippen LogP contribution < -0.4 is 15.5 Å². The molecule has 3 aromatic rings. The maximum Gasteiger partial charge on any atom is 0.337 e. The first-order valence-corrected chi connectivity index (χ1v) is 12.3. The number of aryl methyl sites for hydroxylation is 1. The number of amides is 1. The number of halogens is 1. The third-order valence-electron chi connectivity index (χ3n) is 5.79. The van der Waals surface area contributed by atoms with Gasteiger partial charge in [0.25, 0.3) is 5.91 Å². The van der Waals surface area contributed by atoms with E-state index in [9.17, 15) is 14.7 Å².